The zero-order chi connectivity index (χ0) is 10.5. The van der Waals surface area contributed by atoms with Crippen LogP contribution >= 0.6 is 11.8 Å². The van der Waals surface area contributed by atoms with Gasteiger partial charge in [0.2, 0.25) is 0 Å². The van der Waals surface area contributed by atoms with Gasteiger partial charge in [0.15, 0.2) is 0 Å². The second-order valence-electron chi connectivity index (χ2n) is 3.85. The maximum atomic E-state index is 5.37. The number of quaternary nitrogens is 1. The van der Waals surface area contributed by atoms with Crippen LogP contribution in [-0.4, -0.2) is 31.7 Å². The van der Waals surface area contributed by atoms with Crippen LogP contribution in [0.1, 0.15) is 5.56 Å². The number of hydrogen-bond donors (Lipinski definition) is 1. The fourth-order valence-corrected chi connectivity index (χ4v) is 3.03. The molecule has 0 atom stereocenters. The Balaban J connectivity index is 2.02. The molecule has 15 heavy (non-hydrogen) atoms. The SMILES string of the molecule is COc1ccccc1C[NH+]1CCSCC1. The predicted molar refractivity (Wildman–Crippen MR) is 64.7 cm³/mol. The average molecular weight is 224 g/mol. The summed E-state index contributed by atoms with van der Waals surface area (Å²) in [5.74, 6) is 3.62. The lowest BCUT2D eigenvalue weighted by Gasteiger charge is -2.23. The fourth-order valence-electron chi connectivity index (χ4n) is 1.96. The van der Waals surface area contributed by atoms with E-state index in [1.54, 1.807) is 12.0 Å². The lowest BCUT2D eigenvalue weighted by Crippen LogP contribution is -3.12. The van der Waals surface area contributed by atoms with Gasteiger partial charge in [0, 0.05) is 17.1 Å². The Kier molecular flexibility index (Phi) is 3.92. The molecule has 1 N–H and O–H groups in total. The second-order valence-corrected chi connectivity index (χ2v) is 5.08. The summed E-state index contributed by atoms with van der Waals surface area (Å²) in [7, 11) is 1.75. The third-order valence-electron chi connectivity index (χ3n) is 2.83. The Morgan fingerprint density at radius 1 is 1.27 bits per heavy atom. The van der Waals surface area contributed by atoms with Crippen LogP contribution in [0.15, 0.2) is 24.3 Å². The molecular formula is C12H18NOS+. The topological polar surface area (TPSA) is 13.7 Å². The van der Waals surface area contributed by atoms with Gasteiger partial charge in [0.25, 0.3) is 0 Å². The summed E-state index contributed by atoms with van der Waals surface area (Å²) in [4.78, 5) is 1.68. The number of thioether (sulfide) groups is 1. The van der Waals surface area contributed by atoms with E-state index < -0.39 is 0 Å². The minimum absolute atomic E-state index is 1.03. The molecule has 1 saturated heterocycles. The zero-order valence-electron chi connectivity index (χ0n) is 9.16. The first-order chi connectivity index (χ1) is 7.40. The van der Waals surface area contributed by atoms with Crippen molar-refractivity contribution in [3.05, 3.63) is 29.8 Å². The molecule has 3 heteroatoms. The summed E-state index contributed by atoms with van der Waals surface area (Å²) >= 11 is 2.07. The Morgan fingerprint density at radius 3 is 2.73 bits per heavy atom. The molecule has 1 aliphatic rings. The van der Waals surface area contributed by atoms with Crippen LogP contribution < -0.4 is 9.64 Å². The second kappa shape index (κ2) is 5.42. The van der Waals surface area contributed by atoms with Gasteiger partial charge < -0.3 is 9.64 Å². The molecule has 1 fully saturated rings. The van der Waals surface area contributed by atoms with Crippen molar-refractivity contribution in [1.29, 1.82) is 0 Å². The van der Waals surface area contributed by atoms with Crippen molar-refractivity contribution >= 4 is 11.8 Å². The minimum atomic E-state index is 1.03. The number of nitrogens with one attached hydrogen (secondary N) is 1. The molecule has 0 bridgehead atoms. The minimum Gasteiger partial charge on any atom is -0.496 e. The van der Waals surface area contributed by atoms with Crippen LogP contribution in [0, 0.1) is 0 Å². The van der Waals surface area contributed by atoms with Crippen LogP contribution in [0.4, 0.5) is 0 Å². The fraction of sp³-hybridized carbons (Fsp3) is 0.500. The normalized spacial score (nSPS) is 17.7. The molecule has 0 unspecified atom stereocenters. The smallest absolute Gasteiger partial charge is 0.127 e. The van der Waals surface area contributed by atoms with Crippen LogP contribution in [-0.2, 0) is 6.54 Å². The van der Waals surface area contributed by atoms with Crippen molar-refractivity contribution in [2.75, 3.05) is 31.7 Å². The third-order valence-corrected chi connectivity index (χ3v) is 3.82. The third kappa shape index (κ3) is 2.89. The van der Waals surface area contributed by atoms with Gasteiger partial charge in [-0.1, -0.05) is 12.1 Å². The Bertz CT molecular complexity index is 310. The lowest BCUT2D eigenvalue weighted by atomic mass is 10.2. The van der Waals surface area contributed by atoms with Crippen LogP contribution in [0.3, 0.4) is 0 Å². The number of para-hydroxylation sites is 1. The van der Waals surface area contributed by atoms with Crippen molar-refractivity contribution in [2.24, 2.45) is 0 Å². The van der Waals surface area contributed by atoms with E-state index in [-0.39, 0.29) is 0 Å². The summed E-state index contributed by atoms with van der Waals surface area (Å²) < 4.78 is 5.37. The Labute approximate surface area is 95.6 Å². The van der Waals surface area contributed by atoms with E-state index in [4.69, 9.17) is 4.74 Å². The van der Waals surface area contributed by atoms with Crippen molar-refractivity contribution < 1.29 is 9.64 Å². The number of benzene rings is 1. The van der Waals surface area contributed by atoms with Crippen molar-refractivity contribution in [3.63, 3.8) is 0 Å². The molecule has 2 nitrogen and oxygen atoms in total. The summed E-state index contributed by atoms with van der Waals surface area (Å²) in [6.07, 6.45) is 0. The summed E-state index contributed by atoms with van der Waals surface area (Å²) in [5, 5.41) is 0. The maximum absolute atomic E-state index is 5.37. The van der Waals surface area contributed by atoms with E-state index in [9.17, 15) is 0 Å². The van der Waals surface area contributed by atoms with E-state index in [1.165, 1.54) is 30.2 Å². The lowest BCUT2D eigenvalue weighted by molar-refractivity contribution is -0.910. The molecule has 1 heterocycles. The molecule has 0 aromatic heterocycles. The first-order valence-electron chi connectivity index (χ1n) is 5.43. The highest BCUT2D eigenvalue weighted by Gasteiger charge is 2.15. The van der Waals surface area contributed by atoms with Gasteiger partial charge in [0.1, 0.15) is 12.3 Å². The molecule has 1 aliphatic heterocycles. The van der Waals surface area contributed by atoms with E-state index in [1.807, 2.05) is 12.1 Å². The van der Waals surface area contributed by atoms with Crippen molar-refractivity contribution in [1.82, 2.24) is 0 Å². The summed E-state index contributed by atoms with van der Waals surface area (Å²) in [6.45, 7) is 3.66. The highest BCUT2D eigenvalue weighted by atomic mass is 32.2. The molecule has 0 radical (unpaired) electrons. The first-order valence-corrected chi connectivity index (χ1v) is 6.59. The molecule has 0 spiro atoms. The van der Waals surface area contributed by atoms with Gasteiger partial charge in [0.05, 0.1) is 20.2 Å². The monoisotopic (exact) mass is 224 g/mol. The van der Waals surface area contributed by atoms with Crippen molar-refractivity contribution in [2.45, 2.75) is 6.54 Å². The van der Waals surface area contributed by atoms with E-state index in [2.05, 4.69) is 23.9 Å². The van der Waals surface area contributed by atoms with E-state index >= 15 is 0 Å². The van der Waals surface area contributed by atoms with Gasteiger partial charge in [-0.05, 0) is 12.1 Å². The van der Waals surface area contributed by atoms with Crippen LogP contribution in [0.5, 0.6) is 5.75 Å². The Hall–Kier alpha value is -0.670. The molecule has 2 rings (SSSR count). The number of methoxy groups -OCH3 is 1. The number of ether oxygens (including phenoxy) is 1. The van der Waals surface area contributed by atoms with Crippen molar-refractivity contribution in [3.8, 4) is 5.75 Å². The van der Waals surface area contributed by atoms with Gasteiger partial charge in [-0.25, -0.2) is 0 Å². The van der Waals surface area contributed by atoms with E-state index in [0.717, 1.165) is 12.3 Å². The Morgan fingerprint density at radius 2 is 2.00 bits per heavy atom. The van der Waals surface area contributed by atoms with Crippen LogP contribution in [0.2, 0.25) is 0 Å². The zero-order valence-corrected chi connectivity index (χ0v) is 9.98. The summed E-state index contributed by atoms with van der Waals surface area (Å²) in [5.41, 5.74) is 1.34. The van der Waals surface area contributed by atoms with Crippen LogP contribution in [0.25, 0.3) is 0 Å². The maximum Gasteiger partial charge on any atom is 0.127 e. The molecule has 0 saturated carbocycles. The number of rotatable bonds is 3. The van der Waals surface area contributed by atoms with Gasteiger partial charge in [-0.2, -0.15) is 11.8 Å². The number of hydrogen-bond acceptors (Lipinski definition) is 2. The van der Waals surface area contributed by atoms with Gasteiger partial charge in [-0.3, -0.25) is 0 Å². The molecule has 1 aromatic rings. The molecule has 0 aliphatic carbocycles. The first kappa shape index (κ1) is 10.8. The molecule has 0 amide bonds. The predicted octanol–water partition coefficient (Wildman–Crippen LogP) is 0.827. The quantitative estimate of drug-likeness (QED) is 0.817. The largest absolute Gasteiger partial charge is 0.496 e. The van der Waals surface area contributed by atoms with Gasteiger partial charge >= 0.3 is 0 Å². The highest BCUT2D eigenvalue weighted by Crippen LogP contribution is 2.16. The summed E-state index contributed by atoms with van der Waals surface area (Å²) in [6, 6.07) is 8.35. The molecular weight excluding hydrogens is 206 g/mol. The van der Waals surface area contributed by atoms with Gasteiger partial charge in [-0.15, -0.1) is 0 Å². The highest BCUT2D eigenvalue weighted by molar-refractivity contribution is 7.99. The molecule has 1 aromatic carbocycles. The average Bonchev–Trinajstić information content (AvgIpc) is 2.31. The standard InChI is InChI=1S/C12H17NOS/c1-14-12-5-3-2-4-11(12)10-13-6-8-15-9-7-13/h2-5H,6-10H2,1H3/p+1. The van der Waals surface area contributed by atoms with E-state index in [0.29, 0.717) is 0 Å². The molecule has 82 valence electrons.